The SMILES string of the molecule is CCCNC(c1c(OC)cnn1CCC)C(C)(CC)OC. The molecule has 0 spiro atoms. The Morgan fingerprint density at radius 2 is 2.00 bits per heavy atom. The van der Waals surface area contributed by atoms with Gasteiger partial charge >= 0.3 is 0 Å². The second-order valence-corrected chi connectivity index (χ2v) is 5.58. The summed E-state index contributed by atoms with van der Waals surface area (Å²) in [5, 5.41) is 8.11. The highest BCUT2D eigenvalue weighted by Crippen LogP contribution is 2.36. The molecule has 1 N–H and O–H groups in total. The van der Waals surface area contributed by atoms with Crippen LogP contribution in [0.4, 0.5) is 0 Å². The van der Waals surface area contributed by atoms with E-state index in [0.717, 1.165) is 43.8 Å². The maximum atomic E-state index is 5.84. The Balaban J connectivity index is 3.26. The normalized spacial score (nSPS) is 15.7. The first-order valence-electron chi connectivity index (χ1n) is 7.96. The van der Waals surface area contributed by atoms with Gasteiger partial charge in [-0.15, -0.1) is 0 Å². The van der Waals surface area contributed by atoms with E-state index < -0.39 is 0 Å². The van der Waals surface area contributed by atoms with E-state index in [0.29, 0.717) is 0 Å². The molecule has 0 amide bonds. The van der Waals surface area contributed by atoms with Gasteiger partial charge in [-0.3, -0.25) is 4.68 Å². The van der Waals surface area contributed by atoms with Gasteiger partial charge in [-0.1, -0.05) is 20.8 Å². The highest BCUT2D eigenvalue weighted by molar-refractivity contribution is 5.30. The fourth-order valence-corrected chi connectivity index (χ4v) is 2.57. The molecular weight excluding hydrogens is 266 g/mol. The van der Waals surface area contributed by atoms with Crippen molar-refractivity contribution in [3.63, 3.8) is 0 Å². The zero-order valence-corrected chi connectivity index (χ0v) is 14.4. The average molecular weight is 297 g/mol. The number of ether oxygens (including phenoxy) is 2. The van der Waals surface area contributed by atoms with E-state index in [-0.39, 0.29) is 11.6 Å². The van der Waals surface area contributed by atoms with E-state index in [9.17, 15) is 0 Å². The molecule has 5 heteroatoms. The minimum Gasteiger partial charge on any atom is -0.493 e. The third kappa shape index (κ3) is 3.98. The molecule has 21 heavy (non-hydrogen) atoms. The lowest BCUT2D eigenvalue weighted by Gasteiger charge is -2.37. The summed E-state index contributed by atoms with van der Waals surface area (Å²) >= 11 is 0. The maximum absolute atomic E-state index is 5.84. The van der Waals surface area contributed by atoms with Gasteiger partial charge in [0.05, 0.1) is 24.9 Å². The Morgan fingerprint density at radius 1 is 1.29 bits per heavy atom. The van der Waals surface area contributed by atoms with E-state index in [1.165, 1.54) is 0 Å². The molecule has 2 unspecified atom stereocenters. The van der Waals surface area contributed by atoms with E-state index in [1.54, 1.807) is 20.4 Å². The summed E-state index contributed by atoms with van der Waals surface area (Å²) in [6.45, 7) is 10.4. The summed E-state index contributed by atoms with van der Waals surface area (Å²) in [5.74, 6) is 0.828. The molecule has 0 aliphatic carbocycles. The van der Waals surface area contributed by atoms with E-state index in [1.807, 2.05) is 4.68 Å². The molecule has 1 aromatic rings. The molecule has 5 nitrogen and oxygen atoms in total. The van der Waals surface area contributed by atoms with Crippen LogP contribution in [-0.4, -0.2) is 36.1 Å². The lowest BCUT2D eigenvalue weighted by Crippen LogP contribution is -2.44. The predicted molar refractivity (Wildman–Crippen MR) is 85.8 cm³/mol. The zero-order chi connectivity index (χ0) is 15.9. The van der Waals surface area contributed by atoms with E-state index >= 15 is 0 Å². The number of rotatable bonds is 10. The van der Waals surface area contributed by atoms with Crippen molar-refractivity contribution in [1.29, 1.82) is 0 Å². The molecule has 0 aromatic carbocycles. The highest BCUT2D eigenvalue weighted by atomic mass is 16.5. The van der Waals surface area contributed by atoms with Gasteiger partial charge in [-0.05, 0) is 32.7 Å². The molecule has 1 aromatic heterocycles. The van der Waals surface area contributed by atoms with Gasteiger partial charge in [-0.2, -0.15) is 5.10 Å². The summed E-state index contributed by atoms with van der Waals surface area (Å²) in [5.41, 5.74) is 0.785. The Morgan fingerprint density at radius 3 is 2.48 bits per heavy atom. The fourth-order valence-electron chi connectivity index (χ4n) is 2.57. The fraction of sp³-hybridized carbons (Fsp3) is 0.812. The number of hydrogen-bond acceptors (Lipinski definition) is 4. The number of aromatic nitrogens is 2. The number of nitrogens with zero attached hydrogens (tertiary/aromatic N) is 2. The van der Waals surface area contributed by atoms with Crippen LogP contribution in [0.2, 0.25) is 0 Å². The van der Waals surface area contributed by atoms with Crippen LogP contribution in [0.3, 0.4) is 0 Å². The van der Waals surface area contributed by atoms with Crippen molar-refractivity contribution in [2.45, 2.75) is 65.1 Å². The molecule has 0 radical (unpaired) electrons. The van der Waals surface area contributed by atoms with Crippen molar-refractivity contribution in [3.05, 3.63) is 11.9 Å². The standard InChI is InChI=1S/C16H31N3O2/c1-7-10-17-15(16(4,9-3)21-6)14-13(20-5)12-18-19(14)11-8-2/h12,15,17H,7-11H2,1-6H3. The summed E-state index contributed by atoms with van der Waals surface area (Å²) in [7, 11) is 3.47. The lowest BCUT2D eigenvalue weighted by molar-refractivity contribution is -0.0327. The van der Waals surface area contributed by atoms with Gasteiger partial charge in [0, 0.05) is 13.7 Å². The molecule has 0 bridgehead atoms. The molecule has 0 saturated carbocycles. The Kier molecular flexibility index (Phi) is 7.18. The van der Waals surface area contributed by atoms with Crippen molar-refractivity contribution in [2.24, 2.45) is 0 Å². The van der Waals surface area contributed by atoms with Crippen LogP contribution < -0.4 is 10.1 Å². The Bertz CT molecular complexity index is 414. The van der Waals surface area contributed by atoms with Gasteiger partial charge in [0.25, 0.3) is 0 Å². The van der Waals surface area contributed by atoms with Gasteiger partial charge in [0.15, 0.2) is 5.75 Å². The molecular formula is C16H31N3O2. The zero-order valence-electron chi connectivity index (χ0n) is 14.4. The topological polar surface area (TPSA) is 48.3 Å². The van der Waals surface area contributed by atoms with Gasteiger partial charge in [-0.25, -0.2) is 0 Å². The predicted octanol–water partition coefficient (Wildman–Crippen LogP) is 3.16. The van der Waals surface area contributed by atoms with Crippen LogP contribution in [0.25, 0.3) is 0 Å². The van der Waals surface area contributed by atoms with Gasteiger partial charge in [0.1, 0.15) is 5.69 Å². The Hall–Kier alpha value is -1.07. The second kappa shape index (κ2) is 8.39. The van der Waals surface area contributed by atoms with Crippen LogP contribution >= 0.6 is 0 Å². The van der Waals surface area contributed by atoms with Gasteiger partial charge in [0.2, 0.25) is 0 Å². The van der Waals surface area contributed by atoms with Crippen molar-refractivity contribution in [2.75, 3.05) is 20.8 Å². The van der Waals surface area contributed by atoms with Crippen molar-refractivity contribution >= 4 is 0 Å². The lowest BCUT2D eigenvalue weighted by atomic mass is 9.90. The van der Waals surface area contributed by atoms with Crippen LogP contribution in [0.5, 0.6) is 5.75 Å². The van der Waals surface area contributed by atoms with Crippen LogP contribution in [0.15, 0.2) is 6.20 Å². The number of hydrogen-bond donors (Lipinski definition) is 1. The van der Waals surface area contributed by atoms with E-state index in [4.69, 9.17) is 9.47 Å². The average Bonchev–Trinajstić information content (AvgIpc) is 2.90. The van der Waals surface area contributed by atoms with Crippen LogP contribution in [-0.2, 0) is 11.3 Å². The third-order valence-electron chi connectivity index (χ3n) is 4.15. The Labute approximate surface area is 129 Å². The van der Waals surface area contributed by atoms with E-state index in [2.05, 4.69) is 38.1 Å². The molecule has 122 valence electrons. The first-order valence-corrected chi connectivity index (χ1v) is 7.96. The molecule has 0 aliphatic rings. The number of nitrogens with one attached hydrogen (secondary N) is 1. The van der Waals surface area contributed by atoms with Crippen molar-refractivity contribution < 1.29 is 9.47 Å². The monoisotopic (exact) mass is 297 g/mol. The largest absolute Gasteiger partial charge is 0.493 e. The first kappa shape index (κ1) is 18.0. The molecule has 0 fully saturated rings. The molecule has 0 aliphatic heterocycles. The van der Waals surface area contributed by atoms with Crippen LogP contribution in [0.1, 0.15) is 58.7 Å². The minimum atomic E-state index is -0.298. The smallest absolute Gasteiger partial charge is 0.161 e. The van der Waals surface area contributed by atoms with Gasteiger partial charge < -0.3 is 14.8 Å². The number of aryl methyl sites for hydroxylation is 1. The summed E-state index contributed by atoms with van der Waals surface area (Å²) < 4.78 is 13.4. The second-order valence-electron chi connectivity index (χ2n) is 5.58. The molecule has 2 atom stereocenters. The number of methoxy groups -OCH3 is 2. The maximum Gasteiger partial charge on any atom is 0.161 e. The summed E-state index contributed by atoms with van der Waals surface area (Å²) in [6.07, 6.45) is 4.82. The highest BCUT2D eigenvalue weighted by Gasteiger charge is 2.37. The quantitative estimate of drug-likeness (QED) is 0.720. The first-order chi connectivity index (χ1) is 10.1. The minimum absolute atomic E-state index is 0.0523. The molecule has 1 rings (SSSR count). The molecule has 0 saturated heterocycles. The van der Waals surface area contributed by atoms with Crippen molar-refractivity contribution in [3.8, 4) is 5.75 Å². The summed E-state index contributed by atoms with van der Waals surface area (Å²) in [4.78, 5) is 0. The van der Waals surface area contributed by atoms with Crippen molar-refractivity contribution in [1.82, 2.24) is 15.1 Å². The summed E-state index contributed by atoms with van der Waals surface area (Å²) in [6, 6.07) is 0.0523. The third-order valence-corrected chi connectivity index (χ3v) is 4.15. The molecule has 1 heterocycles. The van der Waals surface area contributed by atoms with Crippen LogP contribution in [0, 0.1) is 0 Å².